The van der Waals surface area contributed by atoms with Gasteiger partial charge in [0.15, 0.2) is 0 Å². The molecule has 0 radical (unpaired) electrons. The second-order valence-electron chi connectivity index (χ2n) is 11.3. The van der Waals surface area contributed by atoms with Gasteiger partial charge in [0.25, 0.3) is 0 Å². The molecule has 0 aromatic rings. The fourth-order valence-corrected chi connectivity index (χ4v) is 8.24. The van der Waals surface area contributed by atoms with Gasteiger partial charge in [-0.15, -0.1) is 0 Å². The maximum Gasteiger partial charge on any atom is 0.330 e. The Kier molecular flexibility index (Phi) is 5.44. The fraction of sp³-hybridized carbons (Fsp3) is 0.769. The van der Waals surface area contributed by atoms with Gasteiger partial charge in [0, 0.05) is 11.5 Å². The van der Waals surface area contributed by atoms with E-state index in [-0.39, 0.29) is 29.2 Å². The minimum absolute atomic E-state index is 0.0427. The van der Waals surface area contributed by atoms with Gasteiger partial charge in [0.1, 0.15) is 6.10 Å². The summed E-state index contributed by atoms with van der Waals surface area (Å²) in [4.78, 5) is 25.7. The number of fused-ring (bicyclic) bond motifs is 3. The molecule has 5 nitrogen and oxygen atoms in total. The first kappa shape index (κ1) is 22.6. The summed E-state index contributed by atoms with van der Waals surface area (Å²) in [7, 11) is 1.46. The highest BCUT2D eigenvalue weighted by Crippen LogP contribution is 2.72. The standard InChI is InChI=1S/C26H38O5/c1-15(2)12-21(27)31-20-14-18-24(4,9-7-10-25(18,5)23(29)30-6)19-13-17-8-11-26(19,20)22(28)16(17)3/h12,17-20,22,28H,3,7-11,13-14H2,1-2,4-6H3. The van der Waals surface area contributed by atoms with Crippen LogP contribution < -0.4 is 0 Å². The number of rotatable bonds is 3. The second kappa shape index (κ2) is 7.47. The molecule has 31 heavy (non-hydrogen) atoms. The molecule has 0 aromatic carbocycles. The van der Waals surface area contributed by atoms with E-state index in [1.54, 1.807) is 0 Å². The van der Waals surface area contributed by atoms with Gasteiger partial charge in [-0.1, -0.05) is 25.5 Å². The van der Waals surface area contributed by atoms with Gasteiger partial charge >= 0.3 is 11.9 Å². The third kappa shape index (κ3) is 3.06. The van der Waals surface area contributed by atoms with Crippen LogP contribution in [0.3, 0.4) is 0 Å². The lowest BCUT2D eigenvalue weighted by Gasteiger charge is -2.70. The van der Waals surface area contributed by atoms with Crippen molar-refractivity contribution in [2.24, 2.45) is 34.0 Å². The molecule has 1 spiro atoms. The SMILES string of the molecule is C=C1C2CCC3(C(OC(=O)C=C(C)C)CC4C(C)(C(=O)OC)CCCC4(C)C3C2)C1O. The van der Waals surface area contributed by atoms with E-state index in [0.717, 1.165) is 49.7 Å². The Morgan fingerprint density at radius 1 is 1.13 bits per heavy atom. The van der Waals surface area contributed by atoms with Crippen molar-refractivity contribution in [1.82, 2.24) is 0 Å². The fourth-order valence-electron chi connectivity index (χ4n) is 8.24. The monoisotopic (exact) mass is 430 g/mol. The summed E-state index contributed by atoms with van der Waals surface area (Å²) < 4.78 is 11.4. The van der Waals surface area contributed by atoms with Crippen LogP contribution in [-0.4, -0.2) is 36.4 Å². The smallest absolute Gasteiger partial charge is 0.330 e. The Balaban J connectivity index is 1.82. The number of carbonyl (C=O) groups is 2. The van der Waals surface area contributed by atoms with Crippen molar-refractivity contribution in [3.63, 3.8) is 0 Å². The molecule has 0 aliphatic heterocycles. The zero-order valence-corrected chi connectivity index (χ0v) is 19.7. The third-order valence-electron chi connectivity index (χ3n) is 9.62. The predicted molar refractivity (Wildman–Crippen MR) is 118 cm³/mol. The Bertz CT molecular complexity index is 826. The van der Waals surface area contributed by atoms with Gasteiger partial charge in [-0.25, -0.2) is 4.79 Å². The van der Waals surface area contributed by atoms with E-state index < -0.39 is 23.0 Å². The van der Waals surface area contributed by atoms with Crippen LogP contribution in [0.2, 0.25) is 0 Å². The van der Waals surface area contributed by atoms with Gasteiger partial charge < -0.3 is 14.6 Å². The van der Waals surface area contributed by atoms with E-state index in [9.17, 15) is 14.7 Å². The Hall–Kier alpha value is -1.62. The van der Waals surface area contributed by atoms with Crippen LogP contribution in [0.1, 0.15) is 72.6 Å². The maximum atomic E-state index is 13.0. The molecule has 0 aromatic heterocycles. The van der Waals surface area contributed by atoms with E-state index in [0.29, 0.717) is 12.3 Å². The summed E-state index contributed by atoms with van der Waals surface area (Å²) in [6.45, 7) is 12.3. The molecule has 1 N–H and O–H groups in total. The van der Waals surface area contributed by atoms with Crippen molar-refractivity contribution in [2.75, 3.05) is 7.11 Å². The number of ether oxygens (including phenoxy) is 2. The number of aliphatic hydroxyl groups is 1. The van der Waals surface area contributed by atoms with Gasteiger partial charge in [-0.2, -0.15) is 0 Å². The Labute approximate surface area is 186 Å². The van der Waals surface area contributed by atoms with Gasteiger partial charge in [-0.3, -0.25) is 4.79 Å². The molecule has 8 unspecified atom stereocenters. The number of hydrogen-bond acceptors (Lipinski definition) is 5. The van der Waals surface area contributed by atoms with E-state index in [1.165, 1.54) is 13.2 Å². The molecule has 0 heterocycles. The summed E-state index contributed by atoms with van der Waals surface area (Å²) in [5.41, 5.74) is 0.550. The minimum Gasteiger partial charge on any atom is -0.469 e. The molecule has 5 fully saturated rings. The molecular weight excluding hydrogens is 392 g/mol. The summed E-state index contributed by atoms with van der Waals surface area (Å²) in [5, 5.41) is 11.5. The highest BCUT2D eigenvalue weighted by molar-refractivity contribution is 5.83. The maximum absolute atomic E-state index is 13.0. The first-order chi connectivity index (χ1) is 14.5. The number of carbonyl (C=O) groups excluding carboxylic acids is 2. The average Bonchev–Trinajstić information content (AvgIpc) is 2.71. The molecule has 5 heteroatoms. The first-order valence-corrected chi connectivity index (χ1v) is 11.8. The van der Waals surface area contributed by atoms with Crippen molar-refractivity contribution in [3.8, 4) is 0 Å². The number of hydrogen-bond donors (Lipinski definition) is 1. The van der Waals surface area contributed by atoms with Crippen LogP contribution in [0, 0.1) is 34.0 Å². The molecule has 5 aliphatic rings. The molecule has 8 atom stereocenters. The highest BCUT2D eigenvalue weighted by Gasteiger charge is 2.71. The van der Waals surface area contributed by atoms with Crippen molar-refractivity contribution < 1.29 is 24.2 Å². The van der Waals surface area contributed by atoms with E-state index in [1.807, 2.05) is 20.8 Å². The zero-order valence-electron chi connectivity index (χ0n) is 19.7. The van der Waals surface area contributed by atoms with Gasteiger partial charge in [0.2, 0.25) is 0 Å². The van der Waals surface area contributed by atoms with Crippen LogP contribution >= 0.6 is 0 Å². The zero-order chi connectivity index (χ0) is 22.8. The number of aliphatic hydroxyl groups excluding tert-OH is 1. The van der Waals surface area contributed by atoms with Crippen molar-refractivity contribution >= 4 is 11.9 Å². The highest BCUT2D eigenvalue weighted by atomic mass is 16.5. The quantitative estimate of drug-likeness (QED) is 0.403. The number of esters is 2. The van der Waals surface area contributed by atoms with E-state index in [4.69, 9.17) is 9.47 Å². The van der Waals surface area contributed by atoms with Crippen molar-refractivity contribution in [1.29, 1.82) is 0 Å². The predicted octanol–water partition coefficient (Wildman–Crippen LogP) is 4.59. The molecule has 0 saturated heterocycles. The Morgan fingerprint density at radius 2 is 1.84 bits per heavy atom. The third-order valence-corrected chi connectivity index (χ3v) is 9.62. The molecule has 0 amide bonds. The molecule has 5 aliphatic carbocycles. The summed E-state index contributed by atoms with van der Waals surface area (Å²) in [5.74, 6) is 0.00770. The van der Waals surface area contributed by atoms with Crippen molar-refractivity contribution in [2.45, 2.75) is 84.8 Å². The Morgan fingerprint density at radius 3 is 2.48 bits per heavy atom. The second-order valence-corrected chi connectivity index (χ2v) is 11.3. The topological polar surface area (TPSA) is 72.8 Å². The summed E-state index contributed by atoms with van der Waals surface area (Å²) >= 11 is 0. The average molecular weight is 431 g/mol. The van der Waals surface area contributed by atoms with Crippen molar-refractivity contribution in [3.05, 3.63) is 23.8 Å². The van der Waals surface area contributed by atoms with Crippen LogP contribution in [0.4, 0.5) is 0 Å². The summed E-state index contributed by atoms with van der Waals surface area (Å²) in [6.07, 6.45) is 6.55. The molecular formula is C26H38O5. The largest absolute Gasteiger partial charge is 0.469 e. The number of allylic oxidation sites excluding steroid dienone is 1. The molecule has 172 valence electrons. The molecule has 5 rings (SSSR count). The lowest BCUT2D eigenvalue weighted by Crippen LogP contribution is -2.70. The lowest BCUT2D eigenvalue weighted by atomic mass is 9.35. The van der Waals surface area contributed by atoms with Crippen LogP contribution in [0.25, 0.3) is 0 Å². The van der Waals surface area contributed by atoms with E-state index >= 15 is 0 Å². The summed E-state index contributed by atoms with van der Waals surface area (Å²) in [6, 6.07) is 0. The van der Waals surface area contributed by atoms with Crippen LogP contribution in [-0.2, 0) is 19.1 Å². The lowest BCUT2D eigenvalue weighted by molar-refractivity contribution is -0.256. The van der Waals surface area contributed by atoms with Gasteiger partial charge in [-0.05, 0) is 88.0 Å². The van der Waals surface area contributed by atoms with Crippen LogP contribution in [0.5, 0.6) is 0 Å². The van der Waals surface area contributed by atoms with Crippen LogP contribution in [0.15, 0.2) is 23.8 Å². The number of methoxy groups -OCH3 is 1. The molecule has 2 bridgehead atoms. The minimum atomic E-state index is -0.668. The normalized spacial score (nSPS) is 45.9. The van der Waals surface area contributed by atoms with E-state index in [2.05, 4.69) is 13.5 Å². The first-order valence-electron chi connectivity index (χ1n) is 11.8. The molecule has 5 saturated carbocycles. The van der Waals surface area contributed by atoms with Gasteiger partial charge in [0.05, 0.1) is 18.6 Å².